The Bertz CT molecular complexity index is 923. The van der Waals surface area contributed by atoms with Gasteiger partial charge in [0.2, 0.25) is 6.10 Å². The molecule has 1 N–H and O–H groups in total. The van der Waals surface area contributed by atoms with E-state index >= 15 is 0 Å². The predicted octanol–water partition coefficient (Wildman–Crippen LogP) is 3.41. The molecule has 2 saturated heterocycles. The van der Waals surface area contributed by atoms with Gasteiger partial charge in [0.05, 0.1) is 18.8 Å². The van der Waals surface area contributed by atoms with Gasteiger partial charge < -0.3 is 24.1 Å². The minimum atomic E-state index is -4.85. The highest BCUT2D eigenvalue weighted by Crippen LogP contribution is 2.42. The maximum atomic E-state index is 13.8. The van der Waals surface area contributed by atoms with Crippen molar-refractivity contribution in [2.24, 2.45) is 0 Å². The zero-order chi connectivity index (χ0) is 22.7. The maximum Gasteiger partial charge on any atom is 0.430 e. The molecule has 3 aliphatic rings. The summed E-state index contributed by atoms with van der Waals surface area (Å²) in [6.07, 6.45) is -9.46. The van der Waals surface area contributed by atoms with E-state index < -0.39 is 53.7 Å². The van der Waals surface area contributed by atoms with Crippen molar-refractivity contribution < 1.29 is 42.0 Å². The Morgan fingerprint density at radius 2 is 1.84 bits per heavy atom. The van der Waals surface area contributed by atoms with Crippen molar-refractivity contribution in [3.05, 3.63) is 33.9 Å². The van der Waals surface area contributed by atoms with E-state index in [1.54, 1.807) is 0 Å². The van der Waals surface area contributed by atoms with Crippen molar-refractivity contribution in [3.63, 3.8) is 0 Å². The Labute approximate surface area is 181 Å². The second-order valence-corrected chi connectivity index (χ2v) is 9.27. The standard InChI is InChI=1S/C21H22ClF3O6/c1-20(2,3)11-6-14-9(5-12(11)22)4-10(18(30-14)21(23,24)25)19(27)31-15-8-29-16-13(26)7-28-17(15)16/h4-6,13,15-18,26H,7-8H2,1-3H3/t13-,15+,16-,17-,18+/m1/s1. The molecule has 170 valence electrons. The Morgan fingerprint density at radius 1 is 1.16 bits per heavy atom. The lowest BCUT2D eigenvalue weighted by Crippen LogP contribution is -2.42. The van der Waals surface area contributed by atoms with E-state index in [1.807, 2.05) is 20.8 Å². The van der Waals surface area contributed by atoms with Crippen LogP contribution in [0.3, 0.4) is 0 Å². The number of aliphatic hydroxyl groups is 1. The van der Waals surface area contributed by atoms with Gasteiger partial charge in [-0.15, -0.1) is 0 Å². The highest BCUT2D eigenvalue weighted by Gasteiger charge is 2.52. The first-order chi connectivity index (χ1) is 14.4. The third-order valence-electron chi connectivity index (χ3n) is 5.52. The van der Waals surface area contributed by atoms with Crippen LogP contribution in [0.25, 0.3) is 6.08 Å². The number of hydrogen-bond donors (Lipinski definition) is 1. The monoisotopic (exact) mass is 462 g/mol. The summed E-state index contributed by atoms with van der Waals surface area (Å²) in [7, 11) is 0. The Balaban J connectivity index is 1.65. The van der Waals surface area contributed by atoms with Crippen LogP contribution in [0.5, 0.6) is 5.75 Å². The lowest BCUT2D eigenvalue weighted by atomic mass is 9.85. The zero-order valence-electron chi connectivity index (χ0n) is 17.0. The molecule has 0 saturated carbocycles. The SMILES string of the molecule is CC(C)(C)c1cc2c(cc1Cl)C=C(C(=O)O[C@H]1CO[C@H]3[C@@H]1OC[C@H]3O)[C@@H](C(F)(F)F)O2. The summed E-state index contributed by atoms with van der Waals surface area (Å²) in [5, 5.41) is 10.1. The number of esters is 1. The summed E-state index contributed by atoms with van der Waals surface area (Å²) >= 11 is 6.33. The average Bonchev–Trinajstić information content (AvgIpc) is 3.22. The molecule has 0 aliphatic carbocycles. The second kappa shape index (κ2) is 7.65. The molecule has 0 aromatic heterocycles. The first-order valence-corrected chi connectivity index (χ1v) is 10.2. The van der Waals surface area contributed by atoms with Crippen LogP contribution in [-0.2, 0) is 24.4 Å². The topological polar surface area (TPSA) is 74.2 Å². The summed E-state index contributed by atoms with van der Waals surface area (Å²) in [5.74, 6) is -1.21. The van der Waals surface area contributed by atoms with Gasteiger partial charge >= 0.3 is 12.1 Å². The second-order valence-electron chi connectivity index (χ2n) is 8.87. The van der Waals surface area contributed by atoms with Crippen molar-refractivity contribution >= 4 is 23.6 Å². The maximum absolute atomic E-state index is 13.8. The number of hydrogen-bond acceptors (Lipinski definition) is 6. The number of aliphatic hydroxyl groups excluding tert-OH is 1. The summed E-state index contributed by atoms with van der Waals surface area (Å²) in [6.45, 7) is 5.55. The normalized spacial score (nSPS) is 30.3. The highest BCUT2D eigenvalue weighted by molar-refractivity contribution is 6.31. The first kappa shape index (κ1) is 22.4. The average molecular weight is 463 g/mol. The van der Waals surface area contributed by atoms with Crippen LogP contribution in [0.2, 0.25) is 5.02 Å². The van der Waals surface area contributed by atoms with Gasteiger partial charge in [0.15, 0.2) is 6.10 Å². The molecule has 0 radical (unpaired) electrons. The van der Waals surface area contributed by atoms with Crippen LogP contribution in [0, 0.1) is 0 Å². The van der Waals surface area contributed by atoms with E-state index in [0.29, 0.717) is 10.6 Å². The molecule has 0 unspecified atom stereocenters. The van der Waals surface area contributed by atoms with Gasteiger partial charge in [-0.2, -0.15) is 13.2 Å². The van der Waals surface area contributed by atoms with Crippen LogP contribution >= 0.6 is 11.6 Å². The molecule has 3 heterocycles. The zero-order valence-corrected chi connectivity index (χ0v) is 17.8. The van der Waals surface area contributed by atoms with Crippen molar-refractivity contribution in [2.75, 3.05) is 13.2 Å². The number of ether oxygens (including phenoxy) is 4. The molecular formula is C21H22ClF3O6. The van der Waals surface area contributed by atoms with E-state index in [9.17, 15) is 23.1 Å². The van der Waals surface area contributed by atoms with Gasteiger partial charge in [-0.05, 0) is 29.2 Å². The van der Waals surface area contributed by atoms with Crippen LogP contribution in [-0.4, -0.2) is 61.0 Å². The number of rotatable bonds is 2. The van der Waals surface area contributed by atoms with Crippen molar-refractivity contribution in [1.29, 1.82) is 0 Å². The van der Waals surface area contributed by atoms with Gasteiger partial charge in [0.1, 0.15) is 24.1 Å². The van der Waals surface area contributed by atoms with E-state index in [4.69, 9.17) is 30.5 Å². The van der Waals surface area contributed by atoms with Crippen molar-refractivity contribution in [3.8, 4) is 5.75 Å². The van der Waals surface area contributed by atoms with Crippen LogP contribution in [0.15, 0.2) is 17.7 Å². The minimum Gasteiger partial charge on any atom is -0.475 e. The highest BCUT2D eigenvalue weighted by atomic mass is 35.5. The minimum absolute atomic E-state index is 0.00233. The molecule has 10 heteroatoms. The van der Waals surface area contributed by atoms with E-state index in [1.165, 1.54) is 12.1 Å². The summed E-state index contributed by atoms with van der Waals surface area (Å²) < 4.78 is 62.5. The molecule has 31 heavy (non-hydrogen) atoms. The smallest absolute Gasteiger partial charge is 0.430 e. The fourth-order valence-corrected chi connectivity index (χ4v) is 4.41. The molecule has 0 amide bonds. The van der Waals surface area contributed by atoms with Crippen molar-refractivity contribution in [2.45, 2.75) is 62.9 Å². The van der Waals surface area contributed by atoms with E-state index in [-0.39, 0.29) is 24.5 Å². The summed E-state index contributed by atoms with van der Waals surface area (Å²) in [5.41, 5.74) is -0.240. The predicted molar refractivity (Wildman–Crippen MR) is 104 cm³/mol. The number of carbonyl (C=O) groups excluding carboxylic acids is 1. The summed E-state index contributed by atoms with van der Waals surface area (Å²) in [6, 6.07) is 2.95. The van der Waals surface area contributed by atoms with Crippen LogP contribution < -0.4 is 4.74 Å². The van der Waals surface area contributed by atoms with Gasteiger partial charge in [0, 0.05) is 10.6 Å². The number of halogens is 4. The summed E-state index contributed by atoms with van der Waals surface area (Å²) in [4.78, 5) is 12.7. The molecule has 4 rings (SSSR count). The third kappa shape index (κ3) is 4.16. The van der Waals surface area contributed by atoms with Crippen LogP contribution in [0.4, 0.5) is 13.2 Å². The van der Waals surface area contributed by atoms with E-state index in [0.717, 1.165) is 6.08 Å². The molecular weight excluding hydrogens is 441 g/mol. The van der Waals surface area contributed by atoms with Gasteiger partial charge in [0.25, 0.3) is 0 Å². The Hall–Kier alpha value is -1.81. The van der Waals surface area contributed by atoms with Crippen molar-refractivity contribution in [1.82, 2.24) is 0 Å². The molecule has 3 aliphatic heterocycles. The number of benzene rings is 1. The fourth-order valence-electron chi connectivity index (χ4n) is 3.95. The van der Waals surface area contributed by atoms with Crippen LogP contribution in [0.1, 0.15) is 31.9 Å². The lowest BCUT2D eigenvalue weighted by Gasteiger charge is -2.30. The molecule has 0 bridgehead atoms. The quantitative estimate of drug-likeness (QED) is 0.679. The third-order valence-corrected chi connectivity index (χ3v) is 5.83. The van der Waals surface area contributed by atoms with Gasteiger partial charge in [-0.1, -0.05) is 32.4 Å². The lowest BCUT2D eigenvalue weighted by molar-refractivity contribution is -0.189. The number of carbonyl (C=O) groups is 1. The molecule has 1 aromatic rings. The number of alkyl halides is 3. The molecule has 1 aromatic carbocycles. The first-order valence-electron chi connectivity index (χ1n) is 9.77. The molecule has 2 fully saturated rings. The Kier molecular flexibility index (Phi) is 5.53. The Morgan fingerprint density at radius 3 is 2.48 bits per heavy atom. The molecule has 0 spiro atoms. The number of fused-ring (bicyclic) bond motifs is 2. The fraction of sp³-hybridized carbons (Fsp3) is 0.571. The molecule has 6 nitrogen and oxygen atoms in total. The molecule has 5 atom stereocenters. The largest absolute Gasteiger partial charge is 0.475 e. The van der Waals surface area contributed by atoms with Gasteiger partial charge in [-0.25, -0.2) is 4.79 Å². The van der Waals surface area contributed by atoms with Gasteiger partial charge in [-0.3, -0.25) is 0 Å². The van der Waals surface area contributed by atoms with E-state index in [2.05, 4.69) is 0 Å².